The molecule has 7 nitrogen and oxygen atoms in total. The van der Waals surface area contributed by atoms with Gasteiger partial charge in [0.15, 0.2) is 10.9 Å². The Morgan fingerprint density at radius 3 is 2.40 bits per heavy atom. The number of anilines is 2. The van der Waals surface area contributed by atoms with Gasteiger partial charge in [-0.2, -0.15) is 18.4 Å². The second-order valence-corrected chi connectivity index (χ2v) is 10.4. The minimum absolute atomic E-state index is 0.0251. The van der Waals surface area contributed by atoms with Crippen molar-refractivity contribution in [1.82, 2.24) is 4.98 Å². The van der Waals surface area contributed by atoms with Gasteiger partial charge in [-0.05, 0) is 81.5 Å². The van der Waals surface area contributed by atoms with Crippen molar-refractivity contribution >= 4 is 34.6 Å². The number of rotatable bonds is 10. The summed E-state index contributed by atoms with van der Waals surface area (Å²) in [5.41, 5.74) is -3.14. The molecule has 0 bridgehead atoms. The number of aromatic nitrogens is 1. The Balaban J connectivity index is 1.53. The van der Waals surface area contributed by atoms with Crippen LogP contribution in [0.4, 0.5) is 33.3 Å². The first-order chi connectivity index (χ1) is 20.3. The number of amides is 1. The third-order valence-electron chi connectivity index (χ3n) is 6.79. The number of hydrogen-bond donors (Lipinski definition) is 0. The highest BCUT2D eigenvalue weighted by Crippen LogP contribution is 2.42. The average Bonchev–Trinajstić information content (AvgIpc) is 3.14. The maximum atomic E-state index is 15.2. The van der Waals surface area contributed by atoms with E-state index in [9.17, 15) is 22.4 Å². The maximum Gasteiger partial charge on any atom is 0.420 e. The molecular formula is C30H27F5N4O3S. The van der Waals surface area contributed by atoms with Crippen molar-refractivity contribution in [2.24, 2.45) is 0 Å². The Labute approximate surface area is 250 Å². The van der Waals surface area contributed by atoms with Crippen molar-refractivity contribution in [3.63, 3.8) is 0 Å². The molecule has 0 saturated carbocycles. The predicted molar refractivity (Wildman–Crippen MR) is 154 cm³/mol. The number of thiocarbonyl (C=S) groups is 1. The highest BCUT2D eigenvalue weighted by Gasteiger charge is 2.52. The van der Waals surface area contributed by atoms with Gasteiger partial charge < -0.3 is 14.4 Å². The zero-order valence-electron chi connectivity index (χ0n) is 23.4. The second-order valence-electron chi connectivity index (χ2n) is 10.1. The van der Waals surface area contributed by atoms with Gasteiger partial charge in [-0.1, -0.05) is 0 Å². The molecule has 1 aliphatic heterocycles. The van der Waals surface area contributed by atoms with Gasteiger partial charge in [0.05, 0.1) is 48.1 Å². The van der Waals surface area contributed by atoms with E-state index in [4.69, 9.17) is 27.0 Å². The summed E-state index contributed by atoms with van der Waals surface area (Å²) in [6.45, 7) is 5.46. The predicted octanol–water partition coefficient (Wildman–Crippen LogP) is 6.84. The molecule has 1 aliphatic rings. The molecule has 0 N–H and O–H groups in total. The van der Waals surface area contributed by atoms with Gasteiger partial charge in [-0.25, -0.2) is 8.78 Å². The van der Waals surface area contributed by atoms with Crippen LogP contribution in [0.5, 0.6) is 5.75 Å². The minimum Gasteiger partial charge on any atom is -0.493 e. The summed E-state index contributed by atoms with van der Waals surface area (Å²) in [4.78, 5) is 19.9. The van der Waals surface area contributed by atoms with Crippen LogP contribution in [0, 0.1) is 17.1 Å². The molecule has 1 amide bonds. The molecule has 1 atom stereocenters. The van der Waals surface area contributed by atoms with Crippen LogP contribution in [0.1, 0.15) is 38.3 Å². The summed E-state index contributed by atoms with van der Waals surface area (Å²) in [6, 6.07) is 13.3. The van der Waals surface area contributed by atoms with Gasteiger partial charge in [-0.3, -0.25) is 14.7 Å². The summed E-state index contributed by atoms with van der Waals surface area (Å²) in [6.07, 6.45) is -4.64. The first-order valence-corrected chi connectivity index (χ1v) is 13.6. The molecule has 13 heteroatoms. The largest absolute Gasteiger partial charge is 0.493 e. The summed E-state index contributed by atoms with van der Waals surface area (Å²) >= 11 is 5.47. The fourth-order valence-electron chi connectivity index (χ4n) is 4.59. The van der Waals surface area contributed by atoms with E-state index in [2.05, 4.69) is 4.98 Å². The molecule has 1 saturated heterocycles. The lowest BCUT2D eigenvalue weighted by Crippen LogP contribution is -2.44. The quantitative estimate of drug-likeness (QED) is 0.182. The second kappa shape index (κ2) is 12.6. The molecule has 0 spiro atoms. The summed E-state index contributed by atoms with van der Waals surface area (Å²) in [5.74, 6) is -1.97. The Hall–Kier alpha value is -4.15. The van der Waals surface area contributed by atoms with E-state index in [0.717, 1.165) is 17.7 Å². The Morgan fingerprint density at radius 2 is 1.81 bits per heavy atom. The number of nitrogens with zero attached hydrogens (tertiary/aromatic N) is 4. The molecule has 3 aromatic rings. The van der Waals surface area contributed by atoms with Gasteiger partial charge in [0, 0.05) is 18.6 Å². The number of carbonyl (C=O) groups excluding carboxylic acids is 1. The standard InChI is InChI=1S/C30H27F5N4O3S/c1-4-41-17-20(31)13-14-42-22-9-5-18(6-10-22)23-11-8-21(16-37-23)39-28(43)38(27(40)29(39,2)3)24-12-7-19(15-36)25(26(24)32)30(33,34)35/h5-12,16,20H,4,13-14,17H2,1-3H3. The molecule has 43 heavy (non-hydrogen) atoms. The number of ether oxygens (including phenoxy) is 2. The summed E-state index contributed by atoms with van der Waals surface area (Å²) < 4.78 is 80.4. The van der Waals surface area contributed by atoms with E-state index >= 15 is 4.39 Å². The molecular weight excluding hydrogens is 591 g/mol. The van der Waals surface area contributed by atoms with E-state index in [1.54, 1.807) is 43.3 Å². The zero-order chi connectivity index (χ0) is 31.5. The number of benzene rings is 2. The Kier molecular flexibility index (Phi) is 9.32. The molecule has 2 heterocycles. The summed E-state index contributed by atoms with van der Waals surface area (Å²) in [7, 11) is 0. The smallest absolute Gasteiger partial charge is 0.420 e. The lowest BCUT2D eigenvalue weighted by molar-refractivity contribution is -0.140. The Morgan fingerprint density at radius 1 is 1.12 bits per heavy atom. The lowest BCUT2D eigenvalue weighted by Gasteiger charge is -2.29. The van der Waals surface area contributed by atoms with E-state index in [1.165, 1.54) is 31.0 Å². The van der Waals surface area contributed by atoms with Crippen LogP contribution in [0.15, 0.2) is 54.7 Å². The average molecular weight is 619 g/mol. The normalized spacial score (nSPS) is 15.5. The molecule has 1 unspecified atom stereocenters. The first-order valence-electron chi connectivity index (χ1n) is 13.2. The van der Waals surface area contributed by atoms with Crippen molar-refractivity contribution in [3.05, 3.63) is 71.7 Å². The van der Waals surface area contributed by atoms with Crippen LogP contribution in [0.2, 0.25) is 0 Å². The van der Waals surface area contributed by atoms with Crippen LogP contribution in [-0.4, -0.2) is 47.5 Å². The minimum atomic E-state index is -5.17. The van der Waals surface area contributed by atoms with E-state index in [1.807, 2.05) is 0 Å². The van der Waals surface area contributed by atoms with Crippen molar-refractivity contribution < 1.29 is 36.2 Å². The van der Waals surface area contributed by atoms with Gasteiger partial charge in [0.2, 0.25) is 0 Å². The molecule has 0 radical (unpaired) electrons. The number of carbonyl (C=O) groups is 1. The third-order valence-corrected chi connectivity index (χ3v) is 7.16. The van der Waals surface area contributed by atoms with Crippen molar-refractivity contribution in [1.29, 1.82) is 5.26 Å². The number of pyridine rings is 1. The molecule has 226 valence electrons. The molecule has 4 rings (SSSR count). The van der Waals surface area contributed by atoms with Gasteiger partial charge in [0.25, 0.3) is 5.91 Å². The van der Waals surface area contributed by atoms with E-state index in [0.29, 0.717) is 28.6 Å². The van der Waals surface area contributed by atoms with Crippen LogP contribution >= 0.6 is 12.2 Å². The molecule has 2 aromatic carbocycles. The van der Waals surface area contributed by atoms with Gasteiger partial charge >= 0.3 is 6.18 Å². The van der Waals surface area contributed by atoms with Crippen LogP contribution in [-0.2, 0) is 15.7 Å². The zero-order valence-corrected chi connectivity index (χ0v) is 24.2. The van der Waals surface area contributed by atoms with E-state index < -0.39 is 46.4 Å². The fourth-order valence-corrected chi connectivity index (χ4v) is 5.11. The third kappa shape index (κ3) is 6.45. The first kappa shape index (κ1) is 31.8. The van der Waals surface area contributed by atoms with Crippen LogP contribution in [0.25, 0.3) is 11.3 Å². The monoisotopic (exact) mass is 618 g/mol. The van der Waals surface area contributed by atoms with Gasteiger partial charge in [-0.15, -0.1) is 0 Å². The van der Waals surface area contributed by atoms with Crippen molar-refractivity contribution in [3.8, 4) is 23.1 Å². The maximum absolute atomic E-state index is 15.2. The van der Waals surface area contributed by atoms with Crippen molar-refractivity contribution in [2.75, 3.05) is 29.6 Å². The van der Waals surface area contributed by atoms with Crippen LogP contribution < -0.4 is 14.5 Å². The van der Waals surface area contributed by atoms with E-state index in [-0.39, 0.29) is 24.7 Å². The highest BCUT2D eigenvalue weighted by molar-refractivity contribution is 7.81. The Bertz CT molecular complexity index is 1540. The SMILES string of the molecule is CCOCC(F)CCOc1ccc(-c2ccc(N3C(=S)N(c4ccc(C#N)c(C(F)(F)F)c4F)C(=O)C3(C)C)cn2)cc1. The summed E-state index contributed by atoms with van der Waals surface area (Å²) in [5, 5.41) is 8.82. The van der Waals surface area contributed by atoms with Crippen molar-refractivity contribution in [2.45, 2.75) is 45.1 Å². The highest BCUT2D eigenvalue weighted by atomic mass is 32.1. The number of alkyl halides is 4. The molecule has 0 aliphatic carbocycles. The topological polar surface area (TPSA) is 78.7 Å². The molecule has 1 aromatic heterocycles. The number of hydrogen-bond acceptors (Lipinski definition) is 6. The van der Waals surface area contributed by atoms with Gasteiger partial charge in [0.1, 0.15) is 23.0 Å². The lowest BCUT2D eigenvalue weighted by atomic mass is 10.0. The van der Waals surface area contributed by atoms with Crippen LogP contribution in [0.3, 0.4) is 0 Å². The molecule has 1 fully saturated rings. The number of halogens is 5. The number of nitriles is 1. The fraction of sp³-hybridized carbons (Fsp3) is 0.333.